The molecule has 0 aliphatic carbocycles. The fraction of sp³-hybridized carbons (Fsp3) is 0.579. The highest BCUT2D eigenvalue weighted by Crippen LogP contribution is 2.17. The summed E-state index contributed by atoms with van der Waals surface area (Å²) >= 11 is 0. The number of amides is 2. The number of carbonyl (C=O) groups is 2. The first-order valence-electron chi connectivity index (χ1n) is 8.95. The smallest absolute Gasteiger partial charge is 0.242 e. The van der Waals surface area contributed by atoms with Crippen LogP contribution >= 0.6 is 12.4 Å². The van der Waals surface area contributed by atoms with Gasteiger partial charge in [0, 0.05) is 13.1 Å². The molecule has 6 heteroatoms. The maximum atomic E-state index is 12.7. The van der Waals surface area contributed by atoms with Crippen molar-refractivity contribution in [3.05, 3.63) is 35.4 Å². The Bertz CT molecular complexity index is 580. The molecule has 0 spiro atoms. The maximum absolute atomic E-state index is 12.7. The van der Waals surface area contributed by atoms with Crippen molar-refractivity contribution < 1.29 is 9.59 Å². The van der Waals surface area contributed by atoms with Crippen LogP contribution in [0.25, 0.3) is 0 Å². The van der Waals surface area contributed by atoms with Crippen molar-refractivity contribution in [2.45, 2.75) is 58.7 Å². The van der Waals surface area contributed by atoms with Gasteiger partial charge in [0.15, 0.2) is 0 Å². The molecule has 0 aromatic heterocycles. The van der Waals surface area contributed by atoms with Gasteiger partial charge in [-0.2, -0.15) is 0 Å². The van der Waals surface area contributed by atoms with Crippen LogP contribution < -0.4 is 16.0 Å². The Balaban J connectivity index is 0.00000312. The quantitative estimate of drug-likeness (QED) is 0.691. The lowest BCUT2D eigenvalue weighted by atomic mass is 9.94. The second-order valence-electron chi connectivity index (χ2n) is 6.57. The largest absolute Gasteiger partial charge is 0.354 e. The van der Waals surface area contributed by atoms with Crippen LogP contribution in [-0.2, 0) is 22.6 Å². The molecule has 1 aliphatic heterocycles. The number of carbonyl (C=O) groups excluding carboxylic acids is 2. The van der Waals surface area contributed by atoms with Crippen LogP contribution in [-0.4, -0.2) is 30.4 Å². The molecule has 0 radical (unpaired) electrons. The lowest BCUT2D eigenvalue weighted by Gasteiger charge is -2.29. The number of halogens is 1. The molecule has 3 atom stereocenters. The van der Waals surface area contributed by atoms with E-state index in [4.69, 9.17) is 0 Å². The van der Waals surface area contributed by atoms with E-state index in [-0.39, 0.29) is 36.2 Å². The second-order valence-corrected chi connectivity index (χ2v) is 6.57. The molecule has 0 bridgehead atoms. The third kappa shape index (κ3) is 5.72. The fourth-order valence-electron chi connectivity index (χ4n) is 2.95. The monoisotopic (exact) mass is 367 g/mol. The summed E-state index contributed by atoms with van der Waals surface area (Å²) in [5.74, 6) is -0.0844. The summed E-state index contributed by atoms with van der Waals surface area (Å²) in [5, 5.41) is 9.14. The Morgan fingerprint density at radius 2 is 1.92 bits per heavy atom. The van der Waals surface area contributed by atoms with E-state index in [9.17, 15) is 9.59 Å². The third-order valence-corrected chi connectivity index (χ3v) is 4.74. The minimum atomic E-state index is -0.479. The van der Waals surface area contributed by atoms with Crippen LogP contribution in [0.2, 0.25) is 0 Å². The zero-order valence-corrected chi connectivity index (χ0v) is 16.1. The van der Waals surface area contributed by atoms with Crippen LogP contribution in [0.5, 0.6) is 0 Å². The summed E-state index contributed by atoms with van der Waals surface area (Å²) in [5.41, 5.74) is 2.44. The SMILES string of the molecule is CCCNC(=O)[C@@H](NC(=O)[C@@H]1Cc2ccccc2CN1)C(C)CC.Cl. The molecule has 3 N–H and O–H groups in total. The molecule has 0 saturated carbocycles. The number of hydrogen-bond acceptors (Lipinski definition) is 3. The highest BCUT2D eigenvalue weighted by atomic mass is 35.5. The van der Waals surface area contributed by atoms with Gasteiger partial charge in [0.25, 0.3) is 0 Å². The number of fused-ring (bicyclic) bond motifs is 1. The van der Waals surface area contributed by atoms with Gasteiger partial charge in [-0.05, 0) is 29.9 Å². The van der Waals surface area contributed by atoms with Crippen molar-refractivity contribution in [3.8, 4) is 0 Å². The van der Waals surface area contributed by atoms with E-state index in [0.717, 1.165) is 12.8 Å². The van der Waals surface area contributed by atoms with Crippen LogP contribution in [0, 0.1) is 5.92 Å². The van der Waals surface area contributed by atoms with E-state index in [1.807, 2.05) is 32.9 Å². The highest BCUT2D eigenvalue weighted by molar-refractivity contribution is 5.90. The Morgan fingerprint density at radius 1 is 1.24 bits per heavy atom. The topological polar surface area (TPSA) is 70.2 Å². The molecule has 1 aromatic rings. The number of rotatable bonds is 7. The first-order chi connectivity index (χ1) is 11.6. The summed E-state index contributed by atoms with van der Waals surface area (Å²) in [7, 11) is 0. The van der Waals surface area contributed by atoms with Crippen molar-refractivity contribution in [3.63, 3.8) is 0 Å². The van der Waals surface area contributed by atoms with Crippen molar-refractivity contribution in [2.75, 3.05) is 6.54 Å². The molecular formula is C19H30ClN3O2. The summed E-state index contributed by atoms with van der Waals surface area (Å²) in [6.45, 7) is 7.37. The maximum Gasteiger partial charge on any atom is 0.242 e. The van der Waals surface area contributed by atoms with Gasteiger partial charge in [-0.25, -0.2) is 0 Å². The summed E-state index contributed by atoms with van der Waals surface area (Å²) < 4.78 is 0. The van der Waals surface area contributed by atoms with Gasteiger partial charge >= 0.3 is 0 Å². The van der Waals surface area contributed by atoms with Crippen LogP contribution in [0.3, 0.4) is 0 Å². The zero-order chi connectivity index (χ0) is 17.5. The molecular weight excluding hydrogens is 338 g/mol. The Hall–Kier alpha value is -1.59. The Kier molecular flexibility index (Phi) is 8.93. The van der Waals surface area contributed by atoms with Crippen molar-refractivity contribution in [1.29, 1.82) is 0 Å². The van der Waals surface area contributed by atoms with Crippen molar-refractivity contribution in [2.24, 2.45) is 5.92 Å². The van der Waals surface area contributed by atoms with Gasteiger partial charge in [-0.1, -0.05) is 51.5 Å². The van der Waals surface area contributed by atoms with Gasteiger partial charge in [0.1, 0.15) is 6.04 Å². The fourth-order valence-corrected chi connectivity index (χ4v) is 2.95. The van der Waals surface area contributed by atoms with Crippen LogP contribution in [0.15, 0.2) is 24.3 Å². The molecule has 0 fully saturated rings. The normalized spacial score (nSPS) is 18.3. The van der Waals surface area contributed by atoms with Gasteiger partial charge in [-0.3, -0.25) is 9.59 Å². The molecule has 1 aromatic carbocycles. The standard InChI is InChI=1S/C19H29N3O2.ClH/c1-4-10-20-19(24)17(13(3)5-2)22-18(23)16-11-14-8-6-7-9-15(14)12-21-16;/h6-9,13,16-17,21H,4-5,10-12H2,1-3H3,(H,20,24)(H,22,23);1H/t13?,16-,17-;/m0./s1. The highest BCUT2D eigenvalue weighted by Gasteiger charge is 2.30. The zero-order valence-electron chi connectivity index (χ0n) is 15.3. The lowest BCUT2D eigenvalue weighted by Crippen LogP contribution is -2.56. The summed E-state index contributed by atoms with van der Waals surface area (Å²) in [6.07, 6.45) is 2.38. The van der Waals surface area contributed by atoms with Crippen LogP contribution in [0.4, 0.5) is 0 Å². The third-order valence-electron chi connectivity index (χ3n) is 4.74. The predicted octanol–water partition coefficient (Wildman–Crippen LogP) is 2.18. The van der Waals surface area contributed by atoms with Crippen molar-refractivity contribution in [1.82, 2.24) is 16.0 Å². The Morgan fingerprint density at radius 3 is 2.56 bits per heavy atom. The first-order valence-corrected chi connectivity index (χ1v) is 8.95. The minimum Gasteiger partial charge on any atom is -0.354 e. The number of nitrogens with one attached hydrogen (secondary N) is 3. The Labute approximate surface area is 156 Å². The van der Waals surface area contributed by atoms with Gasteiger partial charge in [0.2, 0.25) is 11.8 Å². The summed E-state index contributed by atoms with van der Waals surface area (Å²) in [6, 6.07) is 7.39. The average Bonchev–Trinajstić information content (AvgIpc) is 2.62. The van der Waals surface area contributed by atoms with E-state index >= 15 is 0 Å². The van der Waals surface area contributed by atoms with Gasteiger partial charge in [0.05, 0.1) is 6.04 Å². The molecule has 0 saturated heterocycles. The first kappa shape index (κ1) is 21.5. The van der Waals surface area contributed by atoms with Gasteiger partial charge in [-0.15, -0.1) is 12.4 Å². The molecule has 140 valence electrons. The van der Waals surface area contributed by atoms with E-state index in [1.165, 1.54) is 11.1 Å². The molecule has 1 aliphatic rings. The van der Waals surface area contributed by atoms with E-state index in [0.29, 0.717) is 19.5 Å². The molecule has 25 heavy (non-hydrogen) atoms. The molecule has 1 unspecified atom stereocenters. The molecule has 1 heterocycles. The van der Waals surface area contributed by atoms with E-state index in [1.54, 1.807) is 0 Å². The molecule has 5 nitrogen and oxygen atoms in total. The van der Waals surface area contributed by atoms with Gasteiger partial charge < -0.3 is 16.0 Å². The average molecular weight is 368 g/mol. The second kappa shape index (κ2) is 10.4. The van der Waals surface area contributed by atoms with E-state index in [2.05, 4.69) is 28.1 Å². The van der Waals surface area contributed by atoms with Crippen molar-refractivity contribution >= 4 is 24.2 Å². The molecule has 2 amide bonds. The number of benzene rings is 1. The minimum absolute atomic E-state index is 0. The lowest BCUT2D eigenvalue weighted by molar-refractivity contribution is -0.131. The summed E-state index contributed by atoms with van der Waals surface area (Å²) in [4.78, 5) is 25.0. The molecule has 2 rings (SSSR count). The van der Waals surface area contributed by atoms with E-state index < -0.39 is 6.04 Å². The number of hydrogen-bond donors (Lipinski definition) is 3. The predicted molar refractivity (Wildman–Crippen MR) is 103 cm³/mol. The van der Waals surface area contributed by atoms with Crippen LogP contribution in [0.1, 0.15) is 44.7 Å².